The van der Waals surface area contributed by atoms with Crippen LogP contribution >= 0.6 is 11.6 Å². The van der Waals surface area contributed by atoms with Crippen LogP contribution in [0.4, 0.5) is 4.79 Å². The van der Waals surface area contributed by atoms with E-state index in [2.05, 4.69) is 10.6 Å². The SMILES string of the molecule is O=C(NC=C1CCCCC1)NCc1ccc(Cl)cc1. The average molecular weight is 279 g/mol. The maximum Gasteiger partial charge on any atom is 0.319 e. The third kappa shape index (κ3) is 4.95. The maximum atomic E-state index is 11.6. The zero-order valence-corrected chi connectivity index (χ0v) is 11.7. The number of urea groups is 1. The van der Waals surface area contributed by atoms with E-state index < -0.39 is 0 Å². The van der Waals surface area contributed by atoms with Crippen molar-refractivity contribution in [3.63, 3.8) is 0 Å². The summed E-state index contributed by atoms with van der Waals surface area (Å²) in [5, 5.41) is 6.32. The van der Waals surface area contributed by atoms with Gasteiger partial charge < -0.3 is 10.6 Å². The zero-order chi connectivity index (χ0) is 13.5. The van der Waals surface area contributed by atoms with E-state index in [0.717, 1.165) is 18.4 Å². The third-order valence-corrected chi connectivity index (χ3v) is 3.52. The largest absolute Gasteiger partial charge is 0.334 e. The molecule has 0 aliphatic heterocycles. The monoisotopic (exact) mass is 278 g/mol. The second kappa shape index (κ2) is 7.19. The van der Waals surface area contributed by atoms with Crippen LogP contribution < -0.4 is 10.6 Å². The van der Waals surface area contributed by atoms with E-state index in [1.54, 1.807) is 0 Å². The third-order valence-electron chi connectivity index (χ3n) is 3.27. The van der Waals surface area contributed by atoms with Crippen LogP contribution in [0.25, 0.3) is 0 Å². The van der Waals surface area contributed by atoms with Gasteiger partial charge in [0.1, 0.15) is 0 Å². The Morgan fingerprint density at radius 1 is 1.16 bits per heavy atom. The molecular weight excluding hydrogens is 260 g/mol. The van der Waals surface area contributed by atoms with Gasteiger partial charge in [-0.25, -0.2) is 4.79 Å². The van der Waals surface area contributed by atoms with Crippen molar-refractivity contribution in [1.82, 2.24) is 10.6 Å². The van der Waals surface area contributed by atoms with Gasteiger partial charge in [-0.3, -0.25) is 0 Å². The molecular formula is C15H19ClN2O. The lowest BCUT2D eigenvalue weighted by Crippen LogP contribution is -2.32. The lowest BCUT2D eigenvalue weighted by atomic mass is 9.96. The molecule has 0 spiro atoms. The molecule has 1 fully saturated rings. The smallest absolute Gasteiger partial charge is 0.319 e. The summed E-state index contributed by atoms with van der Waals surface area (Å²) < 4.78 is 0. The van der Waals surface area contributed by atoms with Crippen LogP contribution in [0, 0.1) is 0 Å². The highest BCUT2D eigenvalue weighted by molar-refractivity contribution is 6.30. The van der Waals surface area contributed by atoms with Crippen LogP contribution in [-0.4, -0.2) is 6.03 Å². The summed E-state index contributed by atoms with van der Waals surface area (Å²) in [6.45, 7) is 0.506. The fraction of sp³-hybridized carbons (Fsp3) is 0.400. The van der Waals surface area contributed by atoms with Crippen molar-refractivity contribution in [2.45, 2.75) is 38.6 Å². The number of halogens is 1. The predicted molar refractivity (Wildman–Crippen MR) is 78.0 cm³/mol. The standard InChI is InChI=1S/C15H19ClN2O/c16-14-8-6-13(7-9-14)11-18-15(19)17-10-12-4-2-1-3-5-12/h6-10H,1-5,11H2,(H2,17,18,19). The van der Waals surface area contributed by atoms with Gasteiger partial charge in [-0.15, -0.1) is 0 Å². The fourth-order valence-corrected chi connectivity index (χ4v) is 2.28. The zero-order valence-electron chi connectivity index (χ0n) is 10.9. The molecule has 1 aromatic rings. The Labute approximate surface area is 119 Å². The molecule has 0 unspecified atom stereocenters. The highest BCUT2D eigenvalue weighted by atomic mass is 35.5. The van der Waals surface area contributed by atoms with Gasteiger partial charge in [0.15, 0.2) is 0 Å². The Hall–Kier alpha value is -1.48. The van der Waals surface area contributed by atoms with Crippen molar-refractivity contribution >= 4 is 17.6 Å². The second-order valence-electron chi connectivity index (χ2n) is 4.82. The van der Waals surface area contributed by atoms with Gasteiger partial charge in [0, 0.05) is 17.8 Å². The van der Waals surface area contributed by atoms with Gasteiger partial charge in [-0.05, 0) is 43.4 Å². The molecule has 2 amide bonds. The minimum atomic E-state index is -0.159. The van der Waals surface area contributed by atoms with Crippen molar-refractivity contribution < 1.29 is 4.79 Å². The van der Waals surface area contributed by atoms with E-state index in [9.17, 15) is 4.79 Å². The number of carbonyl (C=O) groups is 1. The topological polar surface area (TPSA) is 41.1 Å². The van der Waals surface area contributed by atoms with E-state index in [0.29, 0.717) is 11.6 Å². The Morgan fingerprint density at radius 3 is 2.53 bits per heavy atom. The highest BCUT2D eigenvalue weighted by Gasteiger charge is 2.05. The molecule has 0 atom stereocenters. The molecule has 19 heavy (non-hydrogen) atoms. The number of rotatable bonds is 3. The Bertz CT molecular complexity index is 446. The number of allylic oxidation sites excluding steroid dienone is 1. The molecule has 0 radical (unpaired) electrons. The molecule has 0 saturated heterocycles. The van der Waals surface area contributed by atoms with E-state index in [-0.39, 0.29) is 6.03 Å². The van der Waals surface area contributed by atoms with E-state index in [4.69, 9.17) is 11.6 Å². The minimum Gasteiger partial charge on any atom is -0.334 e. The van der Waals surface area contributed by atoms with Crippen LogP contribution in [0.15, 0.2) is 36.0 Å². The van der Waals surface area contributed by atoms with Crippen molar-refractivity contribution in [1.29, 1.82) is 0 Å². The van der Waals surface area contributed by atoms with Gasteiger partial charge in [0.2, 0.25) is 0 Å². The lowest BCUT2D eigenvalue weighted by Gasteiger charge is -2.13. The average Bonchev–Trinajstić information content (AvgIpc) is 2.45. The summed E-state index contributed by atoms with van der Waals surface area (Å²) in [7, 11) is 0. The van der Waals surface area contributed by atoms with E-state index >= 15 is 0 Å². The Kier molecular flexibility index (Phi) is 5.28. The molecule has 2 rings (SSSR count). The summed E-state index contributed by atoms with van der Waals surface area (Å²) in [5.41, 5.74) is 2.37. The van der Waals surface area contributed by atoms with Crippen molar-refractivity contribution in [3.05, 3.63) is 46.6 Å². The summed E-state index contributed by atoms with van der Waals surface area (Å²) in [5.74, 6) is 0. The van der Waals surface area contributed by atoms with Crippen molar-refractivity contribution in [3.8, 4) is 0 Å². The Morgan fingerprint density at radius 2 is 1.84 bits per heavy atom. The first-order valence-electron chi connectivity index (χ1n) is 6.71. The number of amides is 2. The molecule has 1 aliphatic rings. The maximum absolute atomic E-state index is 11.6. The van der Waals surface area contributed by atoms with E-state index in [1.165, 1.54) is 24.8 Å². The van der Waals surface area contributed by atoms with Crippen LogP contribution in [0.1, 0.15) is 37.7 Å². The first-order chi connectivity index (χ1) is 9.24. The lowest BCUT2D eigenvalue weighted by molar-refractivity contribution is 0.243. The fourth-order valence-electron chi connectivity index (χ4n) is 2.15. The van der Waals surface area contributed by atoms with Crippen LogP contribution in [0.2, 0.25) is 5.02 Å². The van der Waals surface area contributed by atoms with Gasteiger partial charge in [-0.1, -0.05) is 35.7 Å². The molecule has 102 valence electrons. The quantitative estimate of drug-likeness (QED) is 0.862. The molecule has 4 heteroatoms. The Balaban J connectivity index is 1.73. The molecule has 0 heterocycles. The first-order valence-corrected chi connectivity index (χ1v) is 7.08. The van der Waals surface area contributed by atoms with Crippen molar-refractivity contribution in [2.24, 2.45) is 0 Å². The minimum absolute atomic E-state index is 0.159. The van der Waals surface area contributed by atoms with Gasteiger partial charge in [0.25, 0.3) is 0 Å². The van der Waals surface area contributed by atoms with Gasteiger partial charge in [-0.2, -0.15) is 0 Å². The second-order valence-corrected chi connectivity index (χ2v) is 5.25. The van der Waals surface area contributed by atoms with Gasteiger partial charge in [0.05, 0.1) is 0 Å². The molecule has 1 saturated carbocycles. The summed E-state index contributed by atoms with van der Waals surface area (Å²) >= 11 is 5.80. The van der Waals surface area contributed by atoms with Gasteiger partial charge >= 0.3 is 6.03 Å². The molecule has 1 aromatic carbocycles. The number of hydrogen-bond acceptors (Lipinski definition) is 1. The number of carbonyl (C=O) groups excluding carboxylic acids is 1. The normalized spacial score (nSPS) is 14.9. The number of nitrogens with one attached hydrogen (secondary N) is 2. The molecule has 3 nitrogen and oxygen atoms in total. The van der Waals surface area contributed by atoms with Crippen molar-refractivity contribution in [2.75, 3.05) is 0 Å². The predicted octanol–water partition coefficient (Wildman–Crippen LogP) is 3.99. The highest BCUT2D eigenvalue weighted by Crippen LogP contribution is 2.21. The summed E-state index contributed by atoms with van der Waals surface area (Å²) in [6, 6.07) is 7.29. The molecule has 0 bridgehead atoms. The molecule has 2 N–H and O–H groups in total. The molecule has 1 aliphatic carbocycles. The first kappa shape index (κ1) is 13.9. The van der Waals surface area contributed by atoms with Crippen LogP contribution in [-0.2, 0) is 6.54 Å². The van der Waals surface area contributed by atoms with Crippen LogP contribution in [0.5, 0.6) is 0 Å². The summed E-state index contributed by atoms with van der Waals surface area (Å²) in [4.78, 5) is 11.6. The van der Waals surface area contributed by atoms with Crippen LogP contribution in [0.3, 0.4) is 0 Å². The summed E-state index contributed by atoms with van der Waals surface area (Å²) in [6.07, 6.45) is 7.85. The number of benzene rings is 1. The number of hydrogen-bond donors (Lipinski definition) is 2. The molecule has 0 aromatic heterocycles. The van der Waals surface area contributed by atoms with E-state index in [1.807, 2.05) is 30.5 Å².